The molecule has 0 saturated heterocycles. The third-order valence-corrected chi connectivity index (χ3v) is 1.46. The average molecular weight is 124 g/mol. The van der Waals surface area contributed by atoms with E-state index in [1.807, 2.05) is 13.1 Å². The molecule has 0 aromatic heterocycles. The van der Waals surface area contributed by atoms with Crippen LogP contribution >= 0.6 is 0 Å². The van der Waals surface area contributed by atoms with E-state index in [0.717, 1.165) is 13.1 Å². The van der Waals surface area contributed by atoms with Gasteiger partial charge in [0.1, 0.15) is 0 Å². The molecule has 9 heavy (non-hydrogen) atoms. The van der Waals surface area contributed by atoms with E-state index in [9.17, 15) is 0 Å². The summed E-state index contributed by atoms with van der Waals surface area (Å²) in [6, 6.07) is 0. The molecule has 2 nitrogen and oxygen atoms in total. The molecule has 0 spiro atoms. The van der Waals surface area contributed by atoms with Gasteiger partial charge < -0.3 is 5.32 Å². The van der Waals surface area contributed by atoms with Crippen molar-refractivity contribution in [2.24, 2.45) is 4.99 Å². The average Bonchev–Trinajstić information content (AvgIpc) is 2.18. The van der Waals surface area contributed by atoms with Crippen molar-refractivity contribution in [1.82, 2.24) is 5.32 Å². The van der Waals surface area contributed by atoms with E-state index in [-0.39, 0.29) is 0 Å². The number of nitrogens with zero attached hydrogens (tertiary/aromatic N) is 1. The zero-order valence-corrected chi connectivity index (χ0v) is 5.94. The van der Waals surface area contributed by atoms with Crippen LogP contribution in [0.3, 0.4) is 0 Å². The summed E-state index contributed by atoms with van der Waals surface area (Å²) in [5.74, 6) is 0. The third-order valence-electron chi connectivity index (χ3n) is 1.46. The van der Waals surface area contributed by atoms with Crippen molar-refractivity contribution in [2.75, 3.05) is 13.1 Å². The smallest absolute Gasteiger partial charge is 0.0539 e. The van der Waals surface area contributed by atoms with Crippen LogP contribution in [0.1, 0.15) is 13.8 Å². The summed E-state index contributed by atoms with van der Waals surface area (Å²) in [5.41, 5.74) is 2.57. The highest BCUT2D eigenvalue weighted by Crippen LogP contribution is 2.08. The van der Waals surface area contributed by atoms with Crippen LogP contribution in [0, 0.1) is 0 Å². The normalized spacial score (nSPS) is 20.2. The predicted octanol–water partition coefficient (Wildman–Crippen LogP) is 0.954. The molecule has 0 amide bonds. The van der Waals surface area contributed by atoms with Gasteiger partial charge in [-0.1, -0.05) is 0 Å². The van der Waals surface area contributed by atoms with Crippen LogP contribution < -0.4 is 5.32 Å². The number of nitrogens with one attached hydrogen (secondary N) is 1. The lowest BCUT2D eigenvalue weighted by atomic mass is 10.3. The van der Waals surface area contributed by atoms with Crippen LogP contribution in [0.25, 0.3) is 0 Å². The topological polar surface area (TPSA) is 24.4 Å². The maximum Gasteiger partial charge on any atom is 0.0539 e. The van der Waals surface area contributed by atoms with Crippen molar-refractivity contribution < 1.29 is 0 Å². The summed E-state index contributed by atoms with van der Waals surface area (Å²) < 4.78 is 0. The molecule has 0 fully saturated rings. The SMILES string of the molecule is CC=NC1=C(C)CNC1. The predicted molar refractivity (Wildman–Crippen MR) is 39.7 cm³/mol. The standard InChI is InChI=1S/C7H12N2/c1-3-9-7-5-8-4-6(7)2/h3,8H,4-5H2,1-2H3. The molecule has 0 saturated carbocycles. The zero-order valence-electron chi connectivity index (χ0n) is 5.94. The minimum absolute atomic E-state index is 0.941. The molecule has 0 aromatic carbocycles. The Bertz CT molecular complexity index is 156. The highest BCUT2D eigenvalue weighted by Gasteiger charge is 2.06. The minimum Gasteiger partial charge on any atom is -0.307 e. The fourth-order valence-electron chi connectivity index (χ4n) is 0.933. The van der Waals surface area contributed by atoms with E-state index in [2.05, 4.69) is 17.2 Å². The first-order valence-corrected chi connectivity index (χ1v) is 3.22. The molecule has 0 bridgehead atoms. The van der Waals surface area contributed by atoms with Gasteiger partial charge in [0.05, 0.1) is 5.70 Å². The Labute approximate surface area is 55.7 Å². The number of aliphatic imine (C=N–C) groups is 1. The van der Waals surface area contributed by atoms with Gasteiger partial charge in [-0.3, -0.25) is 4.99 Å². The minimum atomic E-state index is 0.941. The molecule has 1 rings (SSSR count). The Morgan fingerprint density at radius 2 is 2.33 bits per heavy atom. The fourth-order valence-corrected chi connectivity index (χ4v) is 0.933. The van der Waals surface area contributed by atoms with Gasteiger partial charge in [0.25, 0.3) is 0 Å². The van der Waals surface area contributed by atoms with Gasteiger partial charge in [-0.2, -0.15) is 0 Å². The Kier molecular flexibility index (Phi) is 2.01. The second-order valence-corrected chi connectivity index (χ2v) is 2.22. The summed E-state index contributed by atoms with van der Waals surface area (Å²) >= 11 is 0. The Morgan fingerprint density at radius 1 is 1.56 bits per heavy atom. The third kappa shape index (κ3) is 1.39. The molecule has 0 atom stereocenters. The summed E-state index contributed by atoms with van der Waals surface area (Å²) in [6.07, 6.45) is 1.84. The van der Waals surface area contributed by atoms with Crippen molar-refractivity contribution in [2.45, 2.75) is 13.8 Å². The largest absolute Gasteiger partial charge is 0.307 e. The van der Waals surface area contributed by atoms with E-state index in [1.54, 1.807) is 0 Å². The molecule has 1 N–H and O–H groups in total. The molecule has 1 aliphatic rings. The van der Waals surface area contributed by atoms with E-state index in [4.69, 9.17) is 0 Å². The second-order valence-electron chi connectivity index (χ2n) is 2.22. The van der Waals surface area contributed by atoms with Gasteiger partial charge in [0.2, 0.25) is 0 Å². The van der Waals surface area contributed by atoms with Crippen molar-refractivity contribution in [3.63, 3.8) is 0 Å². The molecular weight excluding hydrogens is 112 g/mol. The van der Waals surface area contributed by atoms with Crippen LogP contribution in [0.2, 0.25) is 0 Å². The van der Waals surface area contributed by atoms with Gasteiger partial charge in [0, 0.05) is 19.3 Å². The first-order valence-electron chi connectivity index (χ1n) is 3.22. The maximum absolute atomic E-state index is 4.20. The first kappa shape index (κ1) is 6.49. The molecule has 0 aliphatic carbocycles. The Balaban J connectivity index is 2.66. The van der Waals surface area contributed by atoms with Gasteiger partial charge in [0.15, 0.2) is 0 Å². The van der Waals surface area contributed by atoms with E-state index >= 15 is 0 Å². The lowest BCUT2D eigenvalue weighted by Crippen LogP contribution is -2.08. The van der Waals surface area contributed by atoms with Gasteiger partial charge >= 0.3 is 0 Å². The number of rotatable bonds is 1. The van der Waals surface area contributed by atoms with Crippen LogP contribution in [-0.2, 0) is 0 Å². The quantitative estimate of drug-likeness (QED) is 0.517. The Hall–Kier alpha value is -0.630. The molecular formula is C7H12N2. The monoisotopic (exact) mass is 124 g/mol. The van der Waals surface area contributed by atoms with Crippen LogP contribution in [0.5, 0.6) is 0 Å². The van der Waals surface area contributed by atoms with Crippen LogP contribution in [-0.4, -0.2) is 19.3 Å². The molecule has 1 heterocycles. The van der Waals surface area contributed by atoms with Crippen molar-refractivity contribution in [3.8, 4) is 0 Å². The summed E-state index contributed by atoms with van der Waals surface area (Å²) in [7, 11) is 0. The molecule has 0 aromatic rings. The van der Waals surface area contributed by atoms with Crippen molar-refractivity contribution >= 4 is 6.21 Å². The Morgan fingerprint density at radius 3 is 2.78 bits per heavy atom. The summed E-state index contributed by atoms with van der Waals surface area (Å²) in [5, 5.41) is 3.22. The number of hydrogen-bond acceptors (Lipinski definition) is 2. The maximum atomic E-state index is 4.20. The highest BCUT2D eigenvalue weighted by atomic mass is 14.9. The van der Waals surface area contributed by atoms with Crippen LogP contribution in [0.15, 0.2) is 16.3 Å². The summed E-state index contributed by atoms with van der Waals surface area (Å²) in [4.78, 5) is 4.20. The van der Waals surface area contributed by atoms with Crippen molar-refractivity contribution in [3.05, 3.63) is 11.3 Å². The highest BCUT2D eigenvalue weighted by molar-refractivity contribution is 5.56. The first-order chi connectivity index (χ1) is 4.34. The second kappa shape index (κ2) is 2.78. The molecule has 2 heteroatoms. The zero-order chi connectivity index (χ0) is 6.69. The lowest BCUT2D eigenvalue weighted by Gasteiger charge is -1.89. The lowest BCUT2D eigenvalue weighted by molar-refractivity contribution is 0.861. The van der Waals surface area contributed by atoms with E-state index in [0.29, 0.717) is 0 Å². The van der Waals surface area contributed by atoms with Gasteiger partial charge in [-0.25, -0.2) is 0 Å². The van der Waals surface area contributed by atoms with Crippen LogP contribution in [0.4, 0.5) is 0 Å². The van der Waals surface area contributed by atoms with Gasteiger partial charge in [-0.15, -0.1) is 0 Å². The molecule has 0 radical (unpaired) electrons. The van der Waals surface area contributed by atoms with Gasteiger partial charge in [-0.05, 0) is 19.4 Å². The molecule has 50 valence electrons. The van der Waals surface area contributed by atoms with E-state index in [1.165, 1.54) is 11.3 Å². The fraction of sp³-hybridized carbons (Fsp3) is 0.571. The number of hydrogen-bond donors (Lipinski definition) is 1. The van der Waals surface area contributed by atoms with Crippen molar-refractivity contribution in [1.29, 1.82) is 0 Å². The summed E-state index contributed by atoms with van der Waals surface area (Å²) in [6.45, 7) is 6.00. The molecule has 0 unspecified atom stereocenters. The molecule has 1 aliphatic heterocycles. The van der Waals surface area contributed by atoms with E-state index < -0.39 is 0 Å².